The van der Waals surface area contributed by atoms with E-state index in [0.29, 0.717) is 31.2 Å². The number of hydrogen-bond acceptors (Lipinski definition) is 4. The molecule has 5 nitrogen and oxygen atoms in total. The molecular formula is C19H32N2O3. The van der Waals surface area contributed by atoms with Crippen molar-refractivity contribution < 1.29 is 14.3 Å². The number of carbonyl (C=O) groups is 1. The Labute approximate surface area is 146 Å². The van der Waals surface area contributed by atoms with Crippen LogP contribution < -0.4 is 10.1 Å². The number of ether oxygens (including phenoxy) is 2. The third-order valence-corrected chi connectivity index (χ3v) is 3.87. The van der Waals surface area contributed by atoms with Crippen LogP contribution in [0.2, 0.25) is 0 Å². The zero-order chi connectivity index (χ0) is 18.0. The second kappa shape index (κ2) is 10.3. The molecule has 24 heavy (non-hydrogen) atoms. The fourth-order valence-electron chi connectivity index (χ4n) is 2.30. The van der Waals surface area contributed by atoms with Crippen molar-refractivity contribution in [1.82, 2.24) is 4.98 Å². The van der Waals surface area contributed by atoms with Gasteiger partial charge in [0.05, 0.1) is 18.0 Å². The van der Waals surface area contributed by atoms with Gasteiger partial charge in [0.1, 0.15) is 5.60 Å². The van der Waals surface area contributed by atoms with Gasteiger partial charge in [-0.2, -0.15) is 0 Å². The predicted octanol–water partition coefficient (Wildman–Crippen LogP) is 4.49. The van der Waals surface area contributed by atoms with E-state index < -0.39 is 5.60 Å². The Bertz CT molecular complexity index is 509. The molecule has 0 saturated heterocycles. The van der Waals surface area contributed by atoms with Crippen LogP contribution in [0.15, 0.2) is 12.1 Å². The van der Waals surface area contributed by atoms with Crippen LogP contribution in [0, 0.1) is 6.92 Å². The summed E-state index contributed by atoms with van der Waals surface area (Å²) in [4.78, 5) is 17.2. The Morgan fingerprint density at radius 1 is 1.17 bits per heavy atom. The number of hydrogen-bond donors (Lipinski definition) is 1. The number of nitrogens with zero attached hydrogens (tertiary/aromatic N) is 1. The first kappa shape index (κ1) is 20.4. The second-order valence-electron chi connectivity index (χ2n) is 6.27. The average Bonchev–Trinajstić information content (AvgIpc) is 2.58. The molecule has 1 aromatic rings. The Morgan fingerprint density at radius 2 is 1.88 bits per heavy atom. The molecule has 0 fully saturated rings. The standard InChI is InChI=1S/C19H32N2O3/c1-6-9-12-19(5,24-14-8-3)18(22)21-16-10-11-17(20-15(16)4)23-13-7-2/h10-11H,6-9,12-14H2,1-5H3,(H,21,22)/t19-/m0/s1. The maximum atomic E-state index is 12.8. The van der Waals surface area contributed by atoms with E-state index in [1.165, 1.54) is 0 Å². The van der Waals surface area contributed by atoms with Crippen LogP contribution in [0.3, 0.4) is 0 Å². The number of aromatic nitrogens is 1. The highest BCUT2D eigenvalue weighted by Gasteiger charge is 2.33. The minimum absolute atomic E-state index is 0.114. The summed E-state index contributed by atoms with van der Waals surface area (Å²) in [5.41, 5.74) is 0.632. The van der Waals surface area contributed by atoms with Gasteiger partial charge in [0, 0.05) is 12.7 Å². The van der Waals surface area contributed by atoms with Crippen molar-refractivity contribution in [3.63, 3.8) is 0 Å². The van der Waals surface area contributed by atoms with Crippen LogP contribution in [-0.4, -0.2) is 29.7 Å². The van der Waals surface area contributed by atoms with Gasteiger partial charge in [0.15, 0.2) is 0 Å². The highest BCUT2D eigenvalue weighted by atomic mass is 16.5. The van der Waals surface area contributed by atoms with Gasteiger partial charge in [-0.1, -0.05) is 33.6 Å². The number of aryl methyl sites for hydroxylation is 1. The molecule has 1 N–H and O–H groups in total. The molecule has 0 aliphatic carbocycles. The zero-order valence-electron chi connectivity index (χ0n) is 15.8. The fraction of sp³-hybridized carbons (Fsp3) is 0.684. The van der Waals surface area contributed by atoms with Crippen LogP contribution in [0.5, 0.6) is 5.88 Å². The number of nitrogens with one attached hydrogen (secondary N) is 1. The van der Waals surface area contributed by atoms with Crippen molar-refractivity contribution in [2.45, 2.75) is 72.3 Å². The summed E-state index contributed by atoms with van der Waals surface area (Å²) in [7, 11) is 0. The van der Waals surface area contributed by atoms with Gasteiger partial charge in [-0.05, 0) is 39.2 Å². The van der Waals surface area contributed by atoms with Crippen molar-refractivity contribution >= 4 is 11.6 Å². The number of anilines is 1. The third kappa shape index (κ3) is 6.11. The lowest BCUT2D eigenvalue weighted by atomic mass is 9.97. The van der Waals surface area contributed by atoms with Crippen molar-refractivity contribution in [1.29, 1.82) is 0 Å². The number of rotatable bonds is 11. The first-order valence-corrected chi connectivity index (χ1v) is 9.02. The zero-order valence-corrected chi connectivity index (χ0v) is 15.8. The van der Waals surface area contributed by atoms with Crippen LogP contribution in [-0.2, 0) is 9.53 Å². The third-order valence-electron chi connectivity index (χ3n) is 3.87. The van der Waals surface area contributed by atoms with Crippen molar-refractivity contribution in [2.24, 2.45) is 0 Å². The van der Waals surface area contributed by atoms with E-state index in [-0.39, 0.29) is 5.91 Å². The topological polar surface area (TPSA) is 60.5 Å². The van der Waals surface area contributed by atoms with E-state index in [9.17, 15) is 4.79 Å². The van der Waals surface area contributed by atoms with Gasteiger partial charge in [-0.3, -0.25) is 4.79 Å². The largest absolute Gasteiger partial charge is 0.478 e. The van der Waals surface area contributed by atoms with E-state index in [0.717, 1.165) is 31.4 Å². The minimum Gasteiger partial charge on any atom is -0.478 e. The first-order chi connectivity index (χ1) is 11.5. The van der Waals surface area contributed by atoms with Crippen LogP contribution >= 0.6 is 0 Å². The lowest BCUT2D eigenvalue weighted by Crippen LogP contribution is -2.43. The monoisotopic (exact) mass is 336 g/mol. The van der Waals surface area contributed by atoms with Gasteiger partial charge >= 0.3 is 0 Å². The molecule has 1 amide bonds. The van der Waals surface area contributed by atoms with Gasteiger partial charge in [0.25, 0.3) is 5.91 Å². The maximum absolute atomic E-state index is 12.8. The summed E-state index contributed by atoms with van der Waals surface area (Å²) >= 11 is 0. The Morgan fingerprint density at radius 3 is 2.46 bits per heavy atom. The SMILES string of the molecule is CCCC[C@](C)(OCCC)C(=O)Nc1ccc(OCCC)nc1C. The molecule has 1 atom stereocenters. The molecule has 1 rings (SSSR count). The second-order valence-corrected chi connectivity index (χ2v) is 6.27. The molecule has 0 aliphatic rings. The Hall–Kier alpha value is -1.62. The lowest BCUT2D eigenvalue weighted by molar-refractivity contribution is -0.140. The molecule has 1 aromatic heterocycles. The quantitative estimate of drug-likeness (QED) is 0.646. The van der Waals surface area contributed by atoms with E-state index in [1.807, 2.05) is 26.8 Å². The van der Waals surface area contributed by atoms with E-state index in [4.69, 9.17) is 9.47 Å². The lowest BCUT2D eigenvalue weighted by Gasteiger charge is -2.29. The highest BCUT2D eigenvalue weighted by Crippen LogP contribution is 2.24. The number of amides is 1. The number of pyridine rings is 1. The van der Waals surface area contributed by atoms with E-state index >= 15 is 0 Å². The molecule has 5 heteroatoms. The molecule has 0 unspecified atom stereocenters. The Kier molecular flexibility index (Phi) is 8.76. The summed E-state index contributed by atoms with van der Waals surface area (Å²) in [5, 5.41) is 2.97. The van der Waals surface area contributed by atoms with Crippen LogP contribution in [0.4, 0.5) is 5.69 Å². The summed E-state index contributed by atoms with van der Waals surface area (Å²) in [5.74, 6) is 0.472. The smallest absolute Gasteiger partial charge is 0.256 e. The summed E-state index contributed by atoms with van der Waals surface area (Å²) in [6.07, 6.45) is 4.51. The average molecular weight is 336 g/mol. The van der Waals surface area contributed by atoms with Crippen molar-refractivity contribution in [3.8, 4) is 5.88 Å². The fourth-order valence-corrected chi connectivity index (χ4v) is 2.30. The minimum atomic E-state index is -0.810. The molecule has 0 spiro atoms. The normalized spacial score (nSPS) is 13.4. The van der Waals surface area contributed by atoms with Gasteiger partial charge in [-0.15, -0.1) is 0 Å². The van der Waals surface area contributed by atoms with Crippen LogP contribution in [0.1, 0.15) is 65.5 Å². The molecule has 0 bridgehead atoms. The van der Waals surface area contributed by atoms with E-state index in [1.54, 1.807) is 6.07 Å². The molecule has 0 saturated carbocycles. The molecule has 0 aliphatic heterocycles. The molecular weight excluding hydrogens is 304 g/mol. The Balaban J connectivity index is 2.82. The highest BCUT2D eigenvalue weighted by molar-refractivity contribution is 5.97. The van der Waals surface area contributed by atoms with Gasteiger partial charge in [0.2, 0.25) is 5.88 Å². The van der Waals surface area contributed by atoms with Crippen molar-refractivity contribution in [2.75, 3.05) is 18.5 Å². The number of unbranched alkanes of at least 4 members (excludes halogenated alkanes) is 1. The maximum Gasteiger partial charge on any atom is 0.256 e. The van der Waals surface area contributed by atoms with Crippen LogP contribution in [0.25, 0.3) is 0 Å². The molecule has 0 radical (unpaired) electrons. The first-order valence-electron chi connectivity index (χ1n) is 9.02. The van der Waals surface area contributed by atoms with Gasteiger partial charge in [-0.25, -0.2) is 4.98 Å². The molecule has 1 heterocycles. The molecule has 0 aromatic carbocycles. The summed E-state index contributed by atoms with van der Waals surface area (Å²) < 4.78 is 11.4. The predicted molar refractivity (Wildman–Crippen MR) is 97.6 cm³/mol. The molecule has 136 valence electrons. The summed E-state index contributed by atoms with van der Waals surface area (Å²) in [6.45, 7) is 11.2. The number of carbonyl (C=O) groups excluding carboxylic acids is 1. The summed E-state index contributed by atoms with van der Waals surface area (Å²) in [6, 6.07) is 3.62. The van der Waals surface area contributed by atoms with Gasteiger partial charge < -0.3 is 14.8 Å². The van der Waals surface area contributed by atoms with Crippen molar-refractivity contribution in [3.05, 3.63) is 17.8 Å². The van der Waals surface area contributed by atoms with E-state index in [2.05, 4.69) is 24.1 Å².